The number of hydrazone groups is 1. The van der Waals surface area contributed by atoms with E-state index in [0.29, 0.717) is 5.92 Å². The highest BCUT2D eigenvalue weighted by atomic mass is 16.5. The van der Waals surface area contributed by atoms with Gasteiger partial charge in [0.25, 0.3) is 0 Å². The summed E-state index contributed by atoms with van der Waals surface area (Å²) in [5.74, 6) is 2.95. The second-order valence-electron chi connectivity index (χ2n) is 7.46. The largest absolute Gasteiger partial charge is 0.493 e. The molecule has 0 saturated heterocycles. The van der Waals surface area contributed by atoms with Crippen molar-refractivity contribution in [2.75, 3.05) is 14.2 Å². The fourth-order valence-electron chi connectivity index (χ4n) is 3.86. The van der Waals surface area contributed by atoms with E-state index in [-0.39, 0.29) is 12.3 Å². The molecule has 0 aromatic heterocycles. The van der Waals surface area contributed by atoms with Gasteiger partial charge in [0.1, 0.15) is 5.75 Å². The summed E-state index contributed by atoms with van der Waals surface area (Å²) >= 11 is 0. The van der Waals surface area contributed by atoms with Crippen molar-refractivity contribution in [3.63, 3.8) is 0 Å². The first kappa shape index (κ1) is 17.7. The Hall–Kier alpha value is -2.69. The van der Waals surface area contributed by atoms with Gasteiger partial charge in [-0.05, 0) is 30.2 Å². The average Bonchev–Trinajstić information content (AvgIpc) is 3.13. The highest BCUT2D eigenvalue weighted by molar-refractivity contribution is 6.02. The second kappa shape index (κ2) is 7.14. The summed E-state index contributed by atoms with van der Waals surface area (Å²) in [5.41, 5.74) is 3.31. The molecule has 0 saturated carbocycles. The van der Waals surface area contributed by atoms with Crippen molar-refractivity contribution in [2.45, 2.75) is 39.0 Å². The molecule has 2 heterocycles. The average molecular weight is 366 g/mol. The zero-order chi connectivity index (χ0) is 19.0. The van der Waals surface area contributed by atoms with E-state index < -0.39 is 0 Å². The summed E-state index contributed by atoms with van der Waals surface area (Å²) in [6.07, 6.45) is 1.75. The Morgan fingerprint density at radius 2 is 1.89 bits per heavy atom. The molecule has 2 atom stereocenters. The van der Waals surface area contributed by atoms with Crippen LogP contribution in [0.25, 0.3) is 0 Å². The normalized spacial score (nSPS) is 20.6. The maximum absolute atomic E-state index is 6.30. The highest BCUT2D eigenvalue weighted by Gasteiger charge is 2.40. The number of nitrogens with zero attached hydrogens (tertiary/aromatic N) is 2. The molecule has 2 aromatic carbocycles. The van der Waals surface area contributed by atoms with E-state index in [9.17, 15) is 0 Å². The maximum Gasteiger partial charge on any atom is 0.188 e. The third-order valence-electron chi connectivity index (χ3n) is 5.17. The summed E-state index contributed by atoms with van der Waals surface area (Å²) < 4.78 is 17.1. The third kappa shape index (κ3) is 3.22. The van der Waals surface area contributed by atoms with Gasteiger partial charge in [-0.2, -0.15) is 5.10 Å². The number of ether oxygens (including phenoxy) is 3. The zero-order valence-corrected chi connectivity index (χ0v) is 16.3. The minimum absolute atomic E-state index is 0.0393. The van der Waals surface area contributed by atoms with E-state index in [1.54, 1.807) is 14.2 Å². The Morgan fingerprint density at radius 1 is 1.11 bits per heavy atom. The molecule has 5 nitrogen and oxygen atoms in total. The van der Waals surface area contributed by atoms with Crippen molar-refractivity contribution in [1.29, 1.82) is 0 Å². The van der Waals surface area contributed by atoms with Crippen molar-refractivity contribution < 1.29 is 14.2 Å². The minimum Gasteiger partial charge on any atom is -0.493 e. The van der Waals surface area contributed by atoms with E-state index in [4.69, 9.17) is 19.3 Å². The number of fused-ring (bicyclic) bond motifs is 3. The number of benzene rings is 2. The van der Waals surface area contributed by atoms with Crippen molar-refractivity contribution in [3.8, 4) is 17.2 Å². The van der Waals surface area contributed by atoms with Crippen LogP contribution in [-0.4, -0.2) is 31.2 Å². The number of para-hydroxylation sites is 1. The van der Waals surface area contributed by atoms with Crippen LogP contribution in [0.15, 0.2) is 47.6 Å². The van der Waals surface area contributed by atoms with Crippen LogP contribution >= 0.6 is 0 Å². The van der Waals surface area contributed by atoms with Gasteiger partial charge in [0.15, 0.2) is 17.7 Å². The molecule has 5 heteroatoms. The maximum atomic E-state index is 6.30. The predicted octanol–water partition coefficient (Wildman–Crippen LogP) is 4.62. The molecule has 2 aromatic rings. The van der Waals surface area contributed by atoms with Crippen LogP contribution in [0.5, 0.6) is 17.2 Å². The molecule has 0 fully saturated rings. The van der Waals surface area contributed by atoms with E-state index in [1.165, 1.54) is 5.56 Å². The van der Waals surface area contributed by atoms with Gasteiger partial charge in [-0.15, -0.1) is 0 Å². The summed E-state index contributed by atoms with van der Waals surface area (Å²) in [6.45, 7) is 4.43. The quantitative estimate of drug-likeness (QED) is 0.774. The number of hydrogen-bond donors (Lipinski definition) is 0. The molecule has 0 radical (unpaired) electrons. The van der Waals surface area contributed by atoms with Crippen LogP contribution in [-0.2, 0) is 0 Å². The molecule has 0 aliphatic carbocycles. The first-order valence-electron chi connectivity index (χ1n) is 9.44. The molecule has 4 rings (SSSR count). The standard InChI is InChI=1S/C22H26N2O3/c1-14(2)11-22-24-18(16-7-5-6-8-19(16)27-22)13-17(23-24)15-9-10-20(25-3)21(12-15)26-4/h5-10,12,14,18,22H,11,13H2,1-4H3/t18-,22-/m0/s1. The lowest BCUT2D eigenvalue weighted by Gasteiger charge is -2.38. The molecule has 27 heavy (non-hydrogen) atoms. The Morgan fingerprint density at radius 3 is 2.63 bits per heavy atom. The zero-order valence-electron chi connectivity index (χ0n) is 16.3. The Balaban J connectivity index is 1.70. The van der Waals surface area contributed by atoms with Crippen LogP contribution in [0, 0.1) is 5.92 Å². The molecule has 0 unspecified atom stereocenters. The van der Waals surface area contributed by atoms with Gasteiger partial charge in [0, 0.05) is 24.0 Å². The fourth-order valence-corrected chi connectivity index (χ4v) is 3.86. The van der Waals surface area contributed by atoms with Gasteiger partial charge in [-0.25, -0.2) is 0 Å². The van der Waals surface area contributed by atoms with E-state index in [0.717, 1.165) is 41.4 Å². The fraction of sp³-hybridized carbons (Fsp3) is 0.409. The van der Waals surface area contributed by atoms with Crippen molar-refractivity contribution >= 4 is 5.71 Å². The van der Waals surface area contributed by atoms with Crippen LogP contribution in [0.2, 0.25) is 0 Å². The molecule has 0 spiro atoms. The van der Waals surface area contributed by atoms with Crippen molar-refractivity contribution in [1.82, 2.24) is 5.01 Å². The van der Waals surface area contributed by atoms with Crippen LogP contribution in [0.4, 0.5) is 0 Å². The molecule has 0 N–H and O–H groups in total. The molecular formula is C22H26N2O3. The Kier molecular flexibility index (Phi) is 4.68. The van der Waals surface area contributed by atoms with E-state index in [2.05, 4.69) is 37.1 Å². The first-order valence-corrected chi connectivity index (χ1v) is 9.44. The smallest absolute Gasteiger partial charge is 0.188 e. The molecular weight excluding hydrogens is 340 g/mol. The van der Waals surface area contributed by atoms with Crippen molar-refractivity contribution in [3.05, 3.63) is 53.6 Å². The van der Waals surface area contributed by atoms with Gasteiger partial charge in [0.05, 0.1) is 26.0 Å². The van der Waals surface area contributed by atoms with Gasteiger partial charge in [0.2, 0.25) is 0 Å². The lowest BCUT2D eigenvalue weighted by molar-refractivity contribution is -0.0291. The monoisotopic (exact) mass is 366 g/mol. The summed E-state index contributed by atoms with van der Waals surface area (Å²) in [5, 5.41) is 7.12. The van der Waals surface area contributed by atoms with Crippen LogP contribution < -0.4 is 14.2 Å². The van der Waals surface area contributed by atoms with Crippen LogP contribution in [0.1, 0.15) is 43.9 Å². The van der Waals surface area contributed by atoms with E-state index >= 15 is 0 Å². The van der Waals surface area contributed by atoms with Crippen molar-refractivity contribution in [2.24, 2.45) is 11.0 Å². The predicted molar refractivity (Wildman–Crippen MR) is 106 cm³/mol. The molecule has 2 aliphatic rings. The summed E-state index contributed by atoms with van der Waals surface area (Å²) in [7, 11) is 3.31. The molecule has 0 bridgehead atoms. The van der Waals surface area contributed by atoms with Gasteiger partial charge in [-0.3, -0.25) is 5.01 Å². The van der Waals surface area contributed by atoms with Gasteiger partial charge < -0.3 is 14.2 Å². The van der Waals surface area contributed by atoms with Crippen LogP contribution in [0.3, 0.4) is 0 Å². The number of methoxy groups -OCH3 is 2. The van der Waals surface area contributed by atoms with Gasteiger partial charge in [-0.1, -0.05) is 32.0 Å². The number of hydrogen-bond acceptors (Lipinski definition) is 5. The molecule has 142 valence electrons. The Bertz CT molecular complexity index is 862. The second-order valence-corrected chi connectivity index (χ2v) is 7.46. The molecule has 0 amide bonds. The lowest BCUT2D eigenvalue weighted by Crippen LogP contribution is -2.41. The number of rotatable bonds is 5. The topological polar surface area (TPSA) is 43.3 Å². The minimum atomic E-state index is -0.0393. The van der Waals surface area contributed by atoms with E-state index in [1.807, 2.05) is 24.3 Å². The lowest BCUT2D eigenvalue weighted by atomic mass is 9.95. The molecule has 2 aliphatic heterocycles. The summed E-state index contributed by atoms with van der Waals surface area (Å²) in [6, 6.07) is 14.5. The highest BCUT2D eigenvalue weighted by Crippen LogP contribution is 2.44. The first-order chi connectivity index (χ1) is 13.1. The SMILES string of the molecule is COc1ccc(C2=NN3[C@H](CC(C)C)Oc4ccccc4[C@@H]3C2)cc1OC. The third-order valence-corrected chi connectivity index (χ3v) is 5.17. The summed E-state index contributed by atoms with van der Waals surface area (Å²) in [4.78, 5) is 0. The Labute approximate surface area is 160 Å². The van der Waals surface area contributed by atoms with Gasteiger partial charge >= 0.3 is 0 Å².